The van der Waals surface area contributed by atoms with Crippen LogP contribution < -0.4 is 9.44 Å². The Hall–Kier alpha value is -1.70. The first kappa shape index (κ1) is 14.7. The summed E-state index contributed by atoms with van der Waals surface area (Å²) in [6.45, 7) is 0.163. The van der Waals surface area contributed by atoms with Gasteiger partial charge in [0.15, 0.2) is 0 Å². The molecule has 1 aromatic rings. The molecule has 1 fully saturated rings. The summed E-state index contributed by atoms with van der Waals surface area (Å²) < 4.78 is 28.3. The van der Waals surface area contributed by atoms with E-state index in [4.69, 9.17) is 5.11 Å². The summed E-state index contributed by atoms with van der Waals surface area (Å²) in [6, 6.07) is 7.08. The molecule has 108 valence electrons. The van der Waals surface area contributed by atoms with Crippen LogP contribution in [0.1, 0.15) is 24.0 Å². The van der Waals surface area contributed by atoms with Crippen molar-refractivity contribution in [2.75, 3.05) is 0 Å². The predicted octanol–water partition coefficient (Wildman–Crippen LogP) is 0.871. The van der Waals surface area contributed by atoms with Gasteiger partial charge in [-0.05, 0) is 30.0 Å². The lowest BCUT2D eigenvalue weighted by molar-refractivity contribution is -0.131. The van der Waals surface area contributed by atoms with Gasteiger partial charge in [0.1, 0.15) is 0 Å². The van der Waals surface area contributed by atoms with Crippen molar-refractivity contribution in [2.45, 2.75) is 25.4 Å². The maximum Gasteiger partial charge on any atom is 0.328 e. The number of rotatable bonds is 7. The maximum absolute atomic E-state index is 11.6. The normalized spacial score (nSPS) is 15.6. The largest absolute Gasteiger partial charge is 0.478 e. The van der Waals surface area contributed by atoms with Crippen LogP contribution in [0, 0.1) is 0 Å². The second-order valence-corrected chi connectivity index (χ2v) is 6.16. The Kier molecular flexibility index (Phi) is 4.53. The van der Waals surface area contributed by atoms with E-state index in [9.17, 15) is 13.2 Å². The van der Waals surface area contributed by atoms with Crippen molar-refractivity contribution >= 4 is 22.3 Å². The standard InChI is InChI=1S/C13H16N2O4S/c16-13(17)7-4-10-2-1-3-11(8-10)9-14-20(18,19)15-12-5-6-12/h1-4,7-8,12,14-15H,5-6,9H2,(H,16,17)/b7-4+. The molecule has 1 aliphatic carbocycles. The van der Waals surface area contributed by atoms with E-state index in [0.29, 0.717) is 5.56 Å². The van der Waals surface area contributed by atoms with E-state index in [0.717, 1.165) is 24.5 Å². The second-order valence-electron chi connectivity index (χ2n) is 4.63. The second kappa shape index (κ2) is 6.17. The highest BCUT2D eigenvalue weighted by Gasteiger charge is 2.26. The van der Waals surface area contributed by atoms with E-state index in [-0.39, 0.29) is 12.6 Å². The molecule has 20 heavy (non-hydrogen) atoms. The molecule has 0 aromatic heterocycles. The molecule has 0 unspecified atom stereocenters. The van der Waals surface area contributed by atoms with Gasteiger partial charge < -0.3 is 5.11 Å². The van der Waals surface area contributed by atoms with Gasteiger partial charge in [-0.15, -0.1) is 0 Å². The van der Waals surface area contributed by atoms with Crippen molar-refractivity contribution in [3.63, 3.8) is 0 Å². The molecule has 6 nitrogen and oxygen atoms in total. The lowest BCUT2D eigenvalue weighted by atomic mass is 10.1. The van der Waals surface area contributed by atoms with Crippen LogP contribution in [0.3, 0.4) is 0 Å². The van der Waals surface area contributed by atoms with Crippen LogP contribution in [-0.2, 0) is 21.5 Å². The summed E-state index contributed by atoms with van der Waals surface area (Å²) in [5.41, 5.74) is 1.47. The van der Waals surface area contributed by atoms with Crippen LogP contribution in [0.25, 0.3) is 6.08 Å². The van der Waals surface area contributed by atoms with E-state index in [2.05, 4.69) is 9.44 Å². The molecule has 0 saturated heterocycles. The van der Waals surface area contributed by atoms with Gasteiger partial charge in [0.25, 0.3) is 10.2 Å². The molecule has 7 heteroatoms. The van der Waals surface area contributed by atoms with E-state index >= 15 is 0 Å². The molecule has 0 heterocycles. The smallest absolute Gasteiger partial charge is 0.328 e. The summed E-state index contributed by atoms with van der Waals surface area (Å²) in [7, 11) is -3.47. The third-order valence-electron chi connectivity index (χ3n) is 2.73. The minimum atomic E-state index is -3.47. The fourth-order valence-corrected chi connectivity index (χ4v) is 2.73. The Balaban J connectivity index is 1.95. The molecular weight excluding hydrogens is 280 g/mol. The van der Waals surface area contributed by atoms with E-state index in [1.807, 2.05) is 0 Å². The molecule has 0 amide bonds. The number of carboxylic acids is 1. The van der Waals surface area contributed by atoms with Crippen molar-refractivity contribution in [3.05, 3.63) is 41.5 Å². The Morgan fingerprint density at radius 1 is 1.40 bits per heavy atom. The minimum absolute atomic E-state index is 0.0670. The molecule has 0 bridgehead atoms. The van der Waals surface area contributed by atoms with Gasteiger partial charge >= 0.3 is 5.97 Å². The number of hydrogen-bond acceptors (Lipinski definition) is 3. The topological polar surface area (TPSA) is 95.5 Å². The van der Waals surface area contributed by atoms with E-state index in [1.54, 1.807) is 24.3 Å². The van der Waals surface area contributed by atoms with Crippen LogP contribution in [0.5, 0.6) is 0 Å². The molecule has 0 atom stereocenters. The summed E-state index contributed by atoms with van der Waals surface area (Å²) in [5, 5.41) is 8.56. The highest BCUT2D eigenvalue weighted by molar-refractivity contribution is 7.87. The van der Waals surface area contributed by atoms with Gasteiger partial charge in [-0.25, -0.2) is 4.79 Å². The van der Waals surface area contributed by atoms with Crippen LogP contribution in [-0.4, -0.2) is 25.5 Å². The summed E-state index contributed by atoms with van der Waals surface area (Å²) in [5.74, 6) is -1.02. The van der Waals surface area contributed by atoms with Crippen molar-refractivity contribution in [2.24, 2.45) is 0 Å². The Morgan fingerprint density at radius 3 is 2.80 bits per heavy atom. The zero-order valence-corrected chi connectivity index (χ0v) is 11.6. The van der Waals surface area contributed by atoms with E-state index in [1.165, 1.54) is 6.08 Å². The number of benzene rings is 1. The molecule has 0 spiro atoms. The van der Waals surface area contributed by atoms with Crippen molar-refractivity contribution in [1.29, 1.82) is 0 Å². The Morgan fingerprint density at radius 2 is 2.15 bits per heavy atom. The average molecular weight is 296 g/mol. The van der Waals surface area contributed by atoms with Gasteiger partial charge in [-0.1, -0.05) is 24.3 Å². The summed E-state index contributed by atoms with van der Waals surface area (Å²) in [4.78, 5) is 10.4. The molecule has 0 radical (unpaired) electrons. The van der Waals surface area contributed by atoms with Crippen LogP contribution in [0.4, 0.5) is 0 Å². The highest BCUT2D eigenvalue weighted by Crippen LogP contribution is 2.19. The molecule has 0 aliphatic heterocycles. The maximum atomic E-state index is 11.6. The Bertz CT molecular complexity index is 621. The van der Waals surface area contributed by atoms with Gasteiger partial charge in [0.05, 0.1) is 0 Å². The number of aliphatic carboxylic acids is 1. The highest BCUT2D eigenvalue weighted by atomic mass is 32.2. The molecule has 3 N–H and O–H groups in total. The Labute approximate surface area is 117 Å². The molecular formula is C13H16N2O4S. The lowest BCUT2D eigenvalue weighted by Gasteiger charge is -2.07. The van der Waals surface area contributed by atoms with Gasteiger partial charge in [-0.2, -0.15) is 17.9 Å². The molecule has 1 saturated carbocycles. The van der Waals surface area contributed by atoms with Crippen molar-refractivity contribution in [1.82, 2.24) is 9.44 Å². The monoisotopic (exact) mass is 296 g/mol. The fourth-order valence-electron chi connectivity index (χ4n) is 1.61. The SMILES string of the molecule is O=C(O)/C=C/c1cccc(CNS(=O)(=O)NC2CC2)c1. The number of carboxylic acid groups (broad SMARTS) is 1. The fraction of sp³-hybridized carbons (Fsp3) is 0.308. The molecule has 2 rings (SSSR count). The molecule has 1 aliphatic rings. The third-order valence-corrected chi connectivity index (χ3v) is 3.90. The van der Waals surface area contributed by atoms with Crippen molar-refractivity contribution in [3.8, 4) is 0 Å². The summed E-state index contributed by atoms with van der Waals surface area (Å²) >= 11 is 0. The average Bonchev–Trinajstić information content (AvgIpc) is 3.18. The van der Waals surface area contributed by atoms with Crippen molar-refractivity contribution < 1.29 is 18.3 Å². The van der Waals surface area contributed by atoms with Crippen LogP contribution in [0.15, 0.2) is 30.3 Å². The first-order chi connectivity index (χ1) is 9.44. The third kappa shape index (κ3) is 5.12. The number of carbonyl (C=O) groups is 1. The predicted molar refractivity (Wildman–Crippen MR) is 75.0 cm³/mol. The van der Waals surface area contributed by atoms with Gasteiger partial charge in [0, 0.05) is 18.7 Å². The lowest BCUT2D eigenvalue weighted by Crippen LogP contribution is -2.37. The first-order valence-corrected chi connectivity index (χ1v) is 7.70. The van der Waals surface area contributed by atoms with Crippen LogP contribution >= 0.6 is 0 Å². The van der Waals surface area contributed by atoms with E-state index < -0.39 is 16.2 Å². The first-order valence-electron chi connectivity index (χ1n) is 6.21. The number of nitrogens with one attached hydrogen (secondary N) is 2. The zero-order chi connectivity index (χ0) is 14.6. The molecule has 1 aromatic carbocycles. The number of hydrogen-bond donors (Lipinski definition) is 3. The van der Waals surface area contributed by atoms with Gasteiger partial charge in [-0.3, -0.25) is 0 Å². The minimum Gasteiger partial charge on any atom is -0.478 e. The summed E-state index contributed by atoms with van der Waals surface area (Å²) in [6.07, 6.45) is 4.27. The van der Waals surface area contributed by atoms with Crippen LogP contribution in [0.2, 0.25) is 0 Å². The zero-order valence-electron chi connectivity index (χ0n) is 10.7. The van der Waals surface area contributed by atoms with Gasteiger partial charge in [0.2, 0.25) is 0 Å². The quantitative estimate of drug-likeness (QED) is 0.651.